The average Bonchev–Trinajstić information content (AvgIpc) is 2.45. The first-order valence-electron chi connectivity index (χ1n) is 7.13. The van der Waals surface area contributed by atoms with Crippen LogP contribution in [0.2, 0.25) is 0 Å². The number of carbonyl (C=O) groups is 2. The molecule has 1 amide bonds. The lowest BCUT2D eigenvalue weighted by Gasteiger charge is -2.20. The molecule has 0 unspecified atom stereocenters. The van der Waals surface area contributed by atoms with Gasteiger partial charge in [0.15, 0.2) is 0 Å². The van der Waals surface area contributed by atoms with Gasteiger partial charge in [0, 0.05) is 18.7 Å². The van der Waals surface area contributed by atoms with Gasteiger partial charge < -0.3 is 10.0 Å². The zero-order valence-electron chi connectivity index (χ0n) is 13.1. The van der Waals surface area contributed by atoms with Crippen molar-refractivity contribution in [3.8, 4) is 0 Å². The minimum absolute atomic E-state index is 0.106. The zero-order valence-corrected chi connectivity index (χ0v) is 13.1. The van der Waals surface area contributed by atoms with Crippen LogP contribution in [0.3, 0.4) is 0 Å². The SMILES string of the molecule is CC.CCCN(CC)C(=O)c1cc(C)cc(C(=O)O)c1. The molecular weight excluding hydrogens is 254 g/mol. The van der Waals surface area contributed by atoms with Crippen LogP contribution in [-0.2, 0) is 0 Å². The van der Waals surface area contributed by atoms with Crippen LogP contribution in [0.5, 0.6) is 0 Å². The van der Waals surface area contributed by atoms with Crippen molar-refractivity contribution in [2.75, 3.05) is 13.1 Å². The lowest BCUT2D eigenvalue weighted by molar-refractivity contribution is 0.0696. The minimum atomic E-state index is -1.01. The second kappa shape index (κ2) is 9.13. The van der Waals surface area contributed by atoms with Crippen LogP contribution in [0, 0.1) is 6.92 Å². The van der Waals surface area contributed by atoms with Crippen LogP contribution in [0.1, 0.15) is 60.4 Å². The molecule has 0 saturated carbocycles. The van der Waals surface area contributed by atoms with Crippen molar-refractivity contribution < 1.29 is 14.7 Å². The number of rotatable bonds is 5. The van der Waals surface area contributed by atoms with E-state index >= 15 is 0 Å². The first-order valence-corrected chi connectivity index (χ1v) is 7.13. The lowest BCUT2D eigenvalue weighted by atomic mass is 10.1. The Hall–Kier alpha value is -1.84. The van der Waals surface area contributed by atoms with E-state index < -0.39 is 5.97 Å². The normalized spacial score (nSPS) is 9.45. The number of carbonyl (C=O) groups excluding carboxylic acids is 1. The van der Waals surface area contributed by atoms with E-state index in [1.165, 1.54) is 6.07 Å². The third-order valence-corrected chi connectivity index (χ3v) is 2.73. The Labute approximate surface area is 121 Å². The second-order valence-corrected chi connectivity index (χ2v) is 4.28. The number of hydrogen-bond acceptors (Lipinski definition) is 2. The molecule has 0 spiro atoms. The molecule has 112 valence electrons. The number of carboxylic acids is 1. The van der Waals surface area contributed by atoms with E-state index in [0.29, 0.717) is 18.7 Å². The molecule has 0 aromatic heterocycles. The summed E-state index contributed by atoms with van der Waals surface area (Å²) < 4.78 is 0. The molecule has 4 nitrogen and oxygen atoms in total. The molecule has 0 radical (unpaired) electrons. The maximum atomic E-state index is 12.2. The molecule has 0 fully saturated rings. The zero-order chi connectivity index (χ0) is 15.7. The summed E-state index contributed by atoms with van der Waals surface area (Å²) >= 11 is 0. The molecule has 0 saturated heterocycles. The number of benzene rings is 1. The van der Waals surface area contributed by atoms with Crippen molar-refractivity contribution in [2.45, 2.75) is 41.0 Å². The number of aromatic carboxylic acids is 1. The highest BCUT2D eigenvalue weighted by Crippen LogP contribution is 2.12. The standard InChI is InChI=1S/C14H19NO3.C2H6/c1-4-6-15(5-2)13(16)11-7-10(3)8-12(9-11)14(17)18;1-2/h7-9H,4-6H2,1-3H3,(H,17,18);1-2H3. The summed E-state index contributed by atoms with van der Waals surface area (Å²) in [4.78, 5) is 24.9. The van der Waals surface area contributed by atoms with E-state index in [0.717, 1.165) is 12.0 Å². The van der Waals surface area contributed by atoms with Gasteiger partial charge in [-0.05, 0) is 44.0 Å². The van der Waals surface area contributed by atoms with E-state index in [-0.39, 0.29) is 11.5 Å². The summed E-state index contributed by atoms with van der Waals surface area (Å²) in [5.74, 6) is -1.11. The Balaban J connectivity index is 0.00000172. The van der Waals surface area contributed by atoms with Gasteiger partial charge >= 0.3 is 5.97 Å². The molecule has 1 rings (SSSR count). The van der Waals surface area contributed by atoms with E-state index in [4.69, 9.17) is 5.11 Å². The van der Waals surface area contributed by atoms with Gasteiger partial charge in [-0.2, -0.15) is 0 Å². The van der Waals surface area contributed by atoms with Crippen LogP contribution >= 0.6 is 0 Å². The van der Waals surface area contributed by atoms with Crippen molar-refractivity contribution in [1.29, 1.82) is 0 Å². The summed E-state index contributed by atoms with van der Waals surface area (Å²) in [5, 5.41) is 8.99. The Morgan fingerprint density at radius 3 is 2.10 bits per heavy atom. The van der Waals surface area contributed by atoms with E-state index in [2.05, 4.69) is 0 Å². The fourth-order valence-electron chi connectivity index (χ4n) is 1.89. The van der Waals surface area contributed by atoms with Gasteiger partial charge in [-0.3, -0.25) is 4.79 Å². The maximum Gasteiger partial charge on any atom is 0.335 e. The number of carboxylic acid groups (broad SMARTS) is 1. The van der Waals surface area contributed by atoms with Crippen molar-refractivity contribution in [3.63, 3.8) is 0 Å². The first-order chi connectivity index (χ1) is 9.49. The summed E-state index contributed by atoms with van der Waals surface area (Å²) in [6.45, 7) is 11.0. The van der Waals surface area contributed by atoms with Crippen LogP contribution < -0.4 is 0 Å². The van der Waals surface area contributed by atoms with Gasteiger partial charge in [-0.1, -0.05) is 20.8 Å². The van der Waals surface area contributed by atoms with Crippen LogP contribution in [0.4, 0.5) is 0 Å². The lowest BCUT2D eigenvalue weighted by Crippen LogP contribution is -2.31. The van der Waals surface area contributed by atoms with Gasteiger partial charge in [-0.25, -0.2) is 4.79 Å². The summed E-state index contributed by atoms with van der Waals surface area (Å²) in [7, 11) is 0. The highest BCUT2D eigenvalue weighted by Gasteiger charge is 2.15. The molecule has 0 aliphatic heterocycles. The van der Waals surface area contributed by atoms with Crippen molar-refractivity contribution in [2.24, 2.45) is 0 Å². The molecule has 0 bridgehead atoms. The predicted octanol–water partition coefficient (Wildman–Crippen LogP) is 3.59. The predicted molar refractivity (Wildman–Crippen MR) is 81.4 cm³/mol. The highest BCUT2D eigenvalue weighted by atomic mass is 16.4. The number of aryl methyl sites for hydroxylation is 1. The molecule has 1 N–H and O–H groups in total. The molecule has 1 aromatic rings. The Kier molecular flexibility index (Phi) is 8.29. The summed E-state index contributed by atoms with van der Waals surface area (Å²) in [6, 6.07) is 4.73. The van der Waals surface area contributed by atoms with Crippen LogP contribution in [-0.4, -0.2) is 35.0 Å². The quantitative estimate of drug-likeness (QED) is 0.896. The molecule has 4 heteroatoms. The fourth-order valence-corrected chi connectivity index (χ4v) is 1.89. The van der Waals surface area contributed by atoms with Crippen molar-refractivity contribution in [3.05, 3.63) is 34.9 Å². The Morgan fingerprint density at radius 1 is 1.10 bits per heavy atom. The maximum absolute atomic E-state index is 12.2. The Morgan fingerprint density at radius 2 is 1.65 bits per heavy atom. The van der Waals surface area contributed by atoms with Crippen LogP contribution in [0.25, 0.3) is 0 Å². The topological polar surface area (TPSA) is 57.6 Å². The minimum Gasteiger partial charge on any atom is -0.478 e. The third-order valence-electron chi connectivity index (χ3n) is 2.73. The summed E-state index contributed by atoms with van der Waals surface area (Å²) in [6.07, 6.45) is 0.886. The van der Waals surface area contributed by atoms with E-state index in [1.54, 1.807) is 24.0 Å². The van der Waals surface area contributed by atoms with Gasteiger partial charge in [0.2, 0.25) is 0 Å². The van der Waals surface area contributed by atoms with Gasteiger partial charge in [0.25, 0.3) is 5.91 Å². The molecular formula is C16H25NO3. The number of hydrogen-bond donors (Lipinski definition) is 1. The van der Waals surface area contributed by atoms with Crippen molar-refractivity contribution >= 4 is 11.9 Å². The second-order valence-electron chi connectivity index (χ2n) is 4.28. The van der Waals surface area contributed by atoms with Crippen molar-refractivity contribution in [1.82, 2.24) is 4.90 Å². The highest BCUT2D eigenvalue weighted by molar-refractivity contribution is 5.97. The molecule has 0 aliphatic rings. The van der Waals surface area contributed by atoms with Gasteiger partial charge in [0.05, 0.1) is 5.56 Å². The molecule has 1 aromatic carbocycles. The molecule has 0 aliphatic carbocycles. The molecule has 0 heterocycles. The summed E-state index contributed by atoms with van der Waals surface area (Å²) in [5.41, 5.74) is 1.39. The smallest absolute Gasteiger partial charge is 0.335 e. The molecule has 0 atom stereocenters. The first kappa shape index (κ1) is 18.2. The fraction of sp³-hybridized carbons (Fsp3) is 0.500. The van der Waals surface area contributed by atoms with E-state index in [1.807, 2.05) is 27.7 Å². The average molecular weight is 279 g/mol. The Bertz CT molecular complexity index is 455. The largest absolute Gasteiger partial charge is 0.478 e. The third kappa shape index (κ3) is 5.03. The van der Waals surface area contributed by atoms with Crippen LogP contribution in [0.15, 0.2) is 18.2 Å². The number of nitrogens with zero attached hydrogens (tertiary/aromatic N) is 1. The van der Waals surface area contributed by atoms with E-state index in [9.17, 15) is 9.59 Å². The number of amides is 1. The van der Waals surface area contributed by atoms with Gasteiger partial charge in [-0.15, -0.1) is 0 Å². The molecule has 20 heavy (non-hydrogen) atoms. The monoisotopic (exact) mass is 279 g/mol. The van der Waals surface area contributed by atoms with Gasteiger partial charge in [0.1, 0.15) is 0 Å².